The molecule has 1 unspecified atom stereocenters. The Kier molecular flexibility index (Phi) is 6.14. The summed E-state index contributed by atoms with van der Waals surface area (Å²) < 4.78 is 14.4. The minimum absolute atomic E-state index is 0.291. The smallest absolute Gasteiger partial charge is 0.247 e. The Morgan fingerprint density at radius 1 is 0.935 bits per heavy atom. The lowest BCUT2D eigenvalue weighted by molar-refractivity contribution is 0.0488. The summed E-state index contributed by atoms with van der Waals surface area (Å²) >= 11 is 0. The molecule has 0 fully saturated rings. The second kappa shape index (κ2) is 9.14. The quantitative estimate of drug-likeness (QED) is 0.352. The lowest BCUT2D eigenvalue weighted by atomic mass is 10.2. The third-order valence-corrected chi connectivity index (χ3v) is 5.26. The van der Waals surface area contributed by atoms with E-state index >= 15 is 0 Å². The third kappa shape index (κ3) is 4.37. The zero-order chi connectivity index (χ0) is 21.8. The van der Waals surface area contributed by atoms with Crippen LogP contribution in [0, 0.1) is 20.8 Å². The first-order chi connectivity index (χ1) is 15.1. The molecule has 4 aromatic rings. The van der Waals surface area contributed by atoms with E-state index in [4.69, 9.17) is 19.4 Å². The first-order valence-corrected chi connectivity index (χ1v) is 10.5. The molecule has 0 bridgehead atoms. The molecule has 1 atom stereocenters. The second-order valence-corrected chi connectivity index (χ2v) is 7.38. The Morgan fingerprint density at radius 2 is 1.61 bits per heavy atom. The van der Waals surface area contributed by atoms with Crippen LogP contribution in [0.4, 0.5) is 0 Å². The standard InChI is InChI=1S/C26H27N3O2/c1-5-30-23(17-16-21-12-8-6-9-13-21)29-20(4)28-24-25(29)18(2)19(3)27-26(24)31-22-14-10-7-11-15-22/h6-17,23H,5H2,1-4H3. The van der Waals surface area contributed by atoms with Gasteiger partial charge in [0.1, 0.15) is 11.6 Å². The molecule has 0 spiro atoms. The Bertz CT molecular complexity index is 1200. The van der Waals surface area contributed by atoms with Crippen molar-refractivity contribution in [3.8, 4) is 11.6 Å². The van der Waals surface area contributed by atoms with Crippen molar-refractivity contribution in [1.82, 2.24) is 14.5 Å². The molecule has 0 N–H and O–H groups in total. The predicted octanol–water partition coefficient (Wildman–Crippen LogP) is 6.40. The van der Waals surface area contributed by atoms with Gasteiger partial charge in [0, 0.05) is 12.3 Å². The molecule has 0 saturated heterocycles. The van der Waals surface area contributed by atoms with Crippen LogP contribution in [0.15, 0.2) is 66.7 Å². The SMILES string of the molecule is CCOC(C=Cc1ccccc1)n1c(C)nc2c(Oc3ccccc3)nc(C)c(C)c21. The number of nitrogens with zero attached hydrogens (tertiary/aromatic N) is 3. The van der Waals surface area contributed by atoms with Gasteiger partial charge in [-0.2, -0.15) is 0 Å². The number of aryl methyl sites for hydroxylation is 3. The molecule has 4 rings (SSSR count). The van der Waals surface area contributed by atoms with Crippen molar-refractivity contribution in [1.29, 1.82) is 0 Å². The highest BCUT2D eigenvalue weighted by molar-refractivity contribution is 5.85. The highest BCUT2D eigenvalue weighted by Crippen LogP contribution is 2.34. The second-order valence-electron chi connectivity index (χ2n) is 7.38. The van der Waals surface area contributed by atoms with Crippen LogP contribution < -0.4 is 4.74 Å². The van der Waals surface area contributed by atoms with E-state index in [-0.39, 0.29) is 6.23 Å². The van der Waals surface area contributed by atoms with Gasteiger partial charge in [-0.05, 0) is 57.0 Å². The number of hydrogen-bond acceptors (Lipinski definition) is 4. The molecule has 5 nitrogen and oxygen atoms in total. The topological polar surface area (TPSA) is 49.2 Å². The minimum Gasteiger partial charge on any atom is -0.437 e. The normalized spacial score (nSPS) is 12.5. The van der Waals surface area contributed by atoms with Gasteiger partial charge in [-0.15, -0.1) is 0 Å². The van der Waals surface area contributed by atoms with Crippen molar-refractivity contribution in [3.63, 3.8) is 0 Å². The monoisotopic (exact) mass is 413 g/mol. The largest absolute Gasteiger partial charge is 0.437 e. The molecule has 5 heteroatoms. The van der Waals surface area contributed by atoms with E-state index in [1.807, 2.05) is 69.3 Å². The van der Waals surface area contributed by atoms with E-state index in [2.05, 4.69) is 35.8 Å². The molecule has 2 aromatic carbocycles. The number of fused-ring (bicyclic) bond motifs is 1. The van der Waals surface area contributed by atoms with Gasteiger partial charge >= 0.3 is 0 Å². The number of benzene rings is 2. The van der Waals surface area contributed by atoms with Gasteiger partial charge < -0.3 is 9.47 Å². The van der Waals surface area contributed by atoms with Crippen molar-refractivity contribution in [2.24, 2.45) is 0 Å². The summed E-state index contributed by atoms with van der Waals surface area (Å²) in [5, 5.41) is 0. The Labute approximate surface area is 183 Å². The molecule has 0 aliphatic rings. The fourth-order valence-corrected chi connectivity index (χ4v) is 3.64. The summed E-state index contributed by atoms with van der Waals surface area (Å²) in [6, 6.07) is 19.9. The van der Waals surface area contributed by atoms with Crippen LogP contribution in [-0.4, -0.2) is 21.1 Å². The van der Waals surface area contributed by atoms with Crippen LogP contribution >= 0.6 is 0 Å². The molecule has 2 heterocycles. The zero-order valence-corrected chi connectivity index (χ0v) is 18.4. The highest BCUT2D eigenvalue weighted by atomic mass is 16.5. The Hall–Kier alpha value is -3.44. The lowest BCUT2D eigenvalue weighted by Gasteiger charge is -2.19. The first-order valence-electron chi connectivity index (χ1n) is 10.5. The van der Waals surface area contributed by atoms with Gasteiger partial charge in [0.25, 0.3) is 0 Å². The lowest BCUT2D eigenvalue weighted by Crippen LogP contribution is -2.13. The summed E-state index contributed by atoms with van der Waals surface area (Å²) in [6.45, 7) is 8.64. The first kappa shape index (κ1) is 20.8. The summed E-state index contributed by atoms with van der Waals surface area (Å²) in [5.74, 6) is 2.09. The zero-order valence-electron chi connectivity index (χ0n) is 18.4. The molecular weight excluding hydrogens is 386 g/mol. The van der Waals surface area contributed by atoms with Crippen molar-refractivity contribution in [2.75, 3.05) is 6.61 Å². The van der Waals surface area contributed by atoms with Gasteiger partial charge in [0.15, 0.2) is 11.7 Å². The molecular formula is C26H27N3O2. The van der Waals surface area contributed by atoms with Crippen molar-refractivity contribution < 1.29 is 9.47 Å². The van der Waals surface area contributed by atoms with E-state index in [1.165, 1.54) is 0 Å². The molecule has 0 radical (unpaired) electrons. The van der Waals surface area contributed by atoms with Crippen molar-refractivity contribution >= 4 is 17.1 Å². The van der Waals surface area contributed by atoms with Crippen LogP contribution in [0.25, 0.3) is 17.1 Å². The van der Waals surface area contributed by atoms with E-state index in [1.54, 1.807) is 0 Å². The van der Waals surface area contributed by atoms with E-state index in [0.29, 0.717) is 12.5 Å². The van der Waals surface area contributed by atoms with Crippen LogP contribution in [0.2, 0.25) is 0 Å². The maximum Gasteiger partial charge on any atom is 0.247 e. The van der Waals surface area contributed by atoms with E-state index in [9.17, 15) is 0 Å². The number of ether oxygens (including phenoxy) is 2. The number of aromatic nitrogens is 3. The average molecular weight is 414 g/mol. The number of rotatable bonds is 7. The van der Waals surface area contributed by atoms with Crippen LogP contribution in [0.1, 0.15) is 35.8 Å². The van der Waals surface area contributed by atoms with Gasteiger partial charge in [-0.3, -0.25) is 4.57 Å². The van der Waals surface area contributed by atoms with Gasteiger partial charge in [-0.1, -0.05) is 54.6 Å². The van der Waals surface area contributed by atoms with E-state index in [0.717, 1.165) is 39.4 Å². The maximum absolute atomic E-state index is 6.12. The van der Waals surface area contributed by atoms with E-state index < -0.39 is 0 Å². The fraction of sp³-hybridized carbons (Fsp3) is 0.231. The molecule has 2 aromatic heterocycles. The summed E-state index contributed by atoms with van der Waals surface area (Å²) in [5.41, 5.74) is 4.81. The average Bonchev–Trinajstić information content (AvgIpc) is 3.13. The van der Waals surface area contributed by atoms with Gasteiger partial charge in [-0.25, -0.2) is 9.97 Å². The predicted molar refractivity (Wildman–Crippen MR) is 124 cm³/mol. The Balaban J connectivity index is 1.83. The van der Waals surface area contributed by atoms with Gasteiger partial charge in [0.05, 0.1) is 5.52 Å². The number of hydrogen-bond donors (Lipinski definition) is 0. The highest BCUT2D eigenvalue weighted by Gasteiger charge is 2.22. The molecule has 0 amide bonds. The summed E-state index contributed by atoms with van der Waals surface area (Å²) in [4.78, 5) is 9.52. The Morgan fingerprint density at radius 3 is 2.29 bits per heavy atom. The van der Waals surface area contributed by atoms with Gasteiger partial charge in [0.2, 0.25) is 5.88 Å². The van der Waals surface area contributed by atoms with Crippen LogP contribution in [0.5, 0.6) is 11.6 Å². The summed E-state index contributed by atoms with van der Waals surface area (Å²) in [6.07, 6.45) is 3.86. The number of imidazole rings is 1. The number of para-hydroxylation sites is 1. The molecule has 0 aliphatic carbocycles. The third-order valence-electron chi connectivity index (χ3n) is 5.26. The molecule has 0 saturated carbocycles. The van der Waals surface area contributed by atoms with Crippen LogP contribution in [0.3, 0.4) is 0 Å². The minimum atomic E-state index is -0.291. The van der Waals surface area contributed by atoms with Crippen molar-refractivity contribution in [3.05, 3.63) is 89.4 Å². The molecule has 31 heavy (non-hydrogen) atoms. The molecule has 0 aliphatic heterocycles. The summed E-state index contributed by atoms with van der Waals surface area (Å²) in [7, 11) is 0. The van der Waals surface area contributed by atoms with Crippen molar-refractivity contribution in [2.45, 2.75) is 33.9 Å². The molecule has 158 valence electrons. The van der Waals surface area contributed by atoms with Crippen LogP contribution in [-0.2, 0) is 4.74 Å². The maximum atomic E-state index is 6.12. The fourth-order valence-electron chi connectivity index (χ4n) is 3.64. The number of pyridine rings is 1.